The van der Waals surface area contributed by atoms with Crippen molar-refractivity contribution in [1.82, 2.24) is 4.90 Å². The summed E-state index contributed by atoms with van der Waals surface area (Å²) in [5.41, 5.74) is -1.28. The number of likely N-dealkylation sites (tertiary alicyclic amines) is 1. The molecule has 8 heteroatoms. The topological polar surface area (TPSA) is 69.6 Å². The molecule has 2 fully saturated rings. The number of hydrogen-bond acceptors (Lipinski definition) is 2. The second-order valence-corrected chi connectivity index (χ2v) is 6.55. The number of fused-ring (bicyclic) bond motifs is 1. The van der Waals surface area contributed by atoms with Crippen LogP contribution < -0.4 is 5.32 Å². The van der Waals surface area contributed by atoms with E-state index in [4.69, 9.17) is 11.6 Å². The van der Waals surface area contributed by atoms with Gasteiger partial charge in [-0.05, 0) is 30.9 Å². The Hall–Kier alpha value is -1.89. The number of hydrogen-bond donors (Lipinski definition) is 2. The van der Waals surface area contributed by atoms with Crippen LogP contribution in [0.15, 0.2) is 12.1 Å². The Morgan fingerprint density at radius 2 is 2.13 bits per heavy atom. The number of nitrogens with zero attached hydrogens (tertiary/aromatic N) is 1. The lowest BCUT2D eigenvalue weighted by molar-refractivity contribution is -0.149. The fraction of sp³-hybridized carbons (Fsp3) is 0.467. The van der Waals surface area contributed by atoms with Crippen molar-refractivity contribution in [3.05, 3.63) is 28.8 Å². The SMILES string of the molecule is O=C(Nc1cc(Cl)cc(F)c1F)N1C[C@@H]2CCC[C@@]2(C(=O)O)C1. The summed E-state index contributed by atoms with van der Waals surface area (Å²) in [6.07, 6.45) is 2.09. The number of carboxylic acid groups (broad SMARTS) is 1. The highest BCUT2D eigenvalue weighted by Crippen LogP contribution is 2.49. The molecule has 0 spiro atoms. The van der Waals surface area contributed by atoms with E-state index in [9.17, 15) is 23.5 Å². The molecule has 2 amide bonds. The van der Waals surface area contributed by atoms with Crippen molar-refractivity contribution in [2.24, 2.45) is 11.3 Å². The molecule has 124 valence electrons. The Kier molecular flexibility index (Phi) is 3.91. The third-order valence-electron chi connectivity index (χ3n) is 4.82. The molecule has 2 aliphatic rings. The minimum absolute atomic E-state index is 0.0421. The van der Waals surface area contributed by atoms with E-state index >= 15 is 0 Å². The van der Waals surface area contributed by atoms with Crippen LogP contribution >= 0.6 is 11.6 Å². The second kappa shape index (κ2) is 5.63. The third-order valence-corrected chi connectivity index (χ3v) is 5.04. The maximum atomic E-state index is 13.7. The van der Waals surface area contributed by atoms with Gasteiger partial charge in [0.05, 0.1) is 11.1 Å². The number of amides is 2. The van der Waals surface area contributed by atoms with E-state index in [1.165, 1.54) is 4.90 Å². The lowest BCUT2D eigenvalue weighted by atomic mass is 9.81. The van der Waals surface area contributed by atoms with Crippen LogP contribution in [0.1, 0.15) is 19.3 Å². The highest BCUT2D eigenvalue weighted by atomic mass is 35.5. The average molecular weight is 345 g/mol. The summed E-state index contributed by atoms with van der Waals surface area (Å²) in [6.45, 7) is 0.367. The molecule has 0 unspecified atom stereocenters. The smallest absolute Gasteiger partial charge is 0.321 e. The summed E-state index contributed by atoms with van der Waals surface area (Å²) in [7, 11) is 0. The number of carboxylic acids is 1. The van der Waals surface area contributed by atoms with E-state index in [1.807, 2.05) is 0 Å². The summed E-state index contributed by atoms with van der Waals surface area (Å²) >= 11 is 5.66. The van der Waals surface area contributed by atoms with Crippen LogP contribution in [0.5, 0.6) is 0 Å². The number of benzene rings is 1. The number of halogens is 3. The van der Waals surface area contributed by atoms with E-state index in [-0.39, 0.29) is 23.2 Å². The number of aliphatic carboxylic acids is 1. The van der Waals surface area contributed by atoms with Gasteiger partial charge in [0.2, 0.25) is 0 Å². The maximum absolute atomic E-state index is 13.7. The van der Waals surface area contributed by atoms with Crippen LogP contribution in [0.25, 0.3) is 0 Å². The summed E-state index contributed by atoms with van der Waals surface area (Å²) < 4.78 is 27.0. The number of carbonyl (C=O) groups is 2. The van der Waals surface area contributed by atoms with Gasteiger partial charge >= 0.3 is 12.0 Å². The molecule has 2 N–H and O–H groups in total. The molecule has 1 aromatic rings. The van der Waals surface area contributed by atoms with Crippen molar-refractivity contribution >= 4 is 29.3 Å². The first-order chi connectivity index (χ1) is 10.8. The van der Waals surface area contributed by atoms with E-state index < -0.39 is 29.0 Å². The van der Waals surface area contributed by atoms with Crippen molar-refractivity contribution in [1.29, 1.82) is 0 Å². The van der Waals surface area contributed by atoms with Crippen LogP contribution in [0.2, 0.25) is 5.02 Å². The molecule has 2 atom stereocenters. The van der Waals surface area contributed by atoms with Gasteiger partial charge in [-0.25, -0.2) is 13.6 Å². The Balaban J connectivity index is 1.77. The summed E-state index contributed by atoms with van der Waals surface area (Å²) in [4.78, 5) is 25.2. The summed E-state index contributed by atoms with van der Waals surface area (Å²) in [5, 5.41) is 11.7. The number of rotatable bonds is 2. The Labute approximate surface area is 136 Å². The molecule has 1 saturated carbocycles. The minimum atomic E-state index is -1.20. The lowest BCUT2D eigenvalue weighted by Gasteiger charge is -2.23. The van der Waals surface area contributed by atoms with Gasteiger partial charge in [-0.3, -0.25) is 4.79 Å². The molecule has 1 aromatic carbocycles. The molecular formula is C15H15ClF2N2O3. The first kappa shape index (κ1) is 16.0. The molecule has 5 nitrogen and oxygen atoms in total. The Morgan fingerprint density at radius 3 is 2.78 bits per heavy atom. The van der Waals surface area contributed by atoms with Crippen molar-refractivity contribution < 1.29 is 23.5 Å². The zero-order valence-electron chi connectivity index (χ0n) is 12.1. The molecule has 1 heterocycles. The van der Waals surface area contributed by atoms with Crippen molar-refractivity contribution in [3.8, 4) is 0 Å². The van der Waals surface area contributed by atoms with E-state index in [0.29, 0.717) is 13.0 Å². The van der Waals surface area contributed by atoms with Gasteiger partial charge in [0.25, 0.3) is 0 Å². The predicted molar refractivity (Wildman–Crippen MR) is 79.4 cm³/mol. The first-order valence-electron chi connectivity index (χ1n) is 7.27. The fourth-order valence-electron chi connectivity index (χ4n) is 3.63. The van der Waals surface area contributed by atoms with E-state index in [0.717, 1.165) is 25.0 Å². The van der Waals surface area contributed by atoms with E-state index in [1.54, 1.807) is 0 Å². The van der Waals surface area contributed by atoms with Gasteiger partial charge in [-0.15, -0.1) is 0 Å². The van der Waals surface area contributed by atoms with Gasteiger partial charge in [-0.1, -0.05) is 18.0 Å². The highest BCUT2D eigenvalue weighted by molar-refractivity contribution is 6.30. The van der Waals surface area contributed by atoms with Gasteiger partial charge in [0.15, 0.2) is 11.6 Å². The zero-order chi connectivity index (χ0) is 16.8. The van der Waals surface area contributed by atoms with Crippen LogP contribution in [-0.2, 0) is 4.79 Å². The molecule has 0 bridgehead atoms. The number of nitrogens with one attached hydrogen (secondary N) is 1. The highest BCUT2D eigenvalue weighted by Gasteiger charge is 2.55. The summed E-state index contributed by atoms with van der Waals surface area (Å²) in [5.74, 6) is -3.37. The predicted octanol–water partition coefficient (Wildman–Crippen LogP) is 3.34. The average Bonchev–Trinajstić information content (AvgIpc) is 3.01. The molecular weight excluding hydrogens is 330 g/mol. The maximum Gasteiger partial charge on any atom is 0.321 e. The van der Waals surface area contributed by atoms with Crippen molar-refractivity contribution in [2.45, 2.75) is 19.3 Å². The molecule has 3 rings (SSSR count). The van der Waals surface area contributed by atoms with Crippen molar-refractivity contribution in [2.75, 3.05) is 18.4 Å². The van der Waals surface area contributed by atoms with Crippen LogP contribution in [0, 0.1) is 23.0 Å². The van der Waals surface area contributed by atoms with Gasteiger partial charge in [0, 0.05) is 18.1 Å². The molecule has 23 heavy (non-hydrogen) atoms. The minimum Gasteiger partial charge on any atom is -0.481 e. The molecule has 1 saturated heterocycles. The number of anilines is 1. The standard InChI is InChI=1S/C15H15ClF2N2O3/c16-9-4-10(17)12(18)11(5-9)19-14(23)20-6-8-2-1-3-15(8,7-20)13(21)22/h4-5,8H,1-3,6-7H2,(H,19,23)(H,21,22)/t8-,15+/m0/s1. The molecule has 1 aliphatic heterocycles. The van der Waals surface area contributed by atoms with Gasteiger partial charge in [0.1, 0.15) is 0 Å². The van der Waals surface area contributed by atoms with Crippen LogP contribution in [-0.4, -0.2) is 35.1 Å². The molecule has 0 aromatic heterocycles. The normalized spacial score (nSPS) is 26.2. The van der Waals surface area contributed by atoms with Gasteiger partial charge in [-0.2, -0.15) is 0 Å². The monoisotopic (exact) mass is 344 g/mol. The first-order valence-corrected chi connectivity index (χ1v) is 7.65. The fourth-order valence-corrected chi connectivity index (χ4v) is 3.84. The molecule has 0 radical (unpaired) electrons. The largest absolute Gasteiger partial charge is 0.481 e. The lowest BCUT2D eigenvalue weighted by Crippen LogP contribution is -2.38. The van der Waals surface area contributed by atoms with Crippen LogP contribution in [0.3, 0.4) is 0 Å². The second-order valence-electron chi connectivity index (χ2n) is 6.11. The Bertz CT molecular complexity index is 685. The summed E-state index contributed by atoms with van der Waals surface area (Å²) in [6, 6.07) is 1.27. The van der Waals surface area contributed by atoms with E-state index in [2.05, 4.69) is 5.32 Å². The number of carbonyl (C=O) groups excluding carboxylic acids is 1. The third kappa shape index (κ3) is 2.63. The molecule has 1 aliphatic carbocycles. The van der Waals surface area contributed by atoms with Crippen LogP contribution in [0.4, 0.5) is 19.3 Å². The van der Waals surface area contributed by atoms with Crippen molar-refractivity contribution in [3.63, 3.8) is 0 Å². The van der Waals surface area contributed by atoms with Gasteiger partial charge < -0.3 is 15.3 Å². The number of urea groups is 1. The quantitative estimate of drug-likeness (QED) is 0.808. The zero-order valence-corrected chi connectivity index (χ0v) is 12.9. The Morgan fingerprint density at radius 1 is 1.39 bits per heavy atom.